The number of hydrogen-bond donors (Lipinski definition) is 3. The maximum absolute atomic E-state index is 12.0. The predicted molar refractivity (Wildman–Crippen MR) is 98.5 cm³/mol. The minimum Gasteiger partial charge on any atom is -0.343 e. The summed E-state index contributed by atoms with van der Waals surface area (Å²) in [5.74, 6) is -1.64. The third-order valence-electron chi connectivity index (χ3n) is 3.00. The Kier molecular flexibility index (Phi) is 6.81. The third kappa shape index (κ3) is 5.74. The van der Waals surface area contributed by atoms with E-state index in [2.05, 4.69) is 32.1 Å². The van der Waals surface area contributed by atoms with E-state index in [1.807, 2.05) is 0 Å². The Labute approximate surface area is 162 Å². The Bertz CT molecular complexity index is 813. The molecule has 0 atom stereocenters. The van der Waals surface area contributed by atoms with Crippen LogP contribution >= 0.6 is 39.1 Å². The lowest BCUT2D eigenvalue weighted by Crippen LogP contribution is -2.46. The van der Waals surface area contributed by atoms with Gasteiger partial charge in [-0.1, -0.05) is 39.1 Å². The molecule has 0 bridgehead atoms. The molecule has 2 aromatic rings. The minimum absolute atomic E-state index is 0.119. The highest BCUT2D eigenvalue weighted by molar-refractivity contribution is 9.10. The van der Waals surface area contributed by atoms with Gasteiger partial charge < -0.3 is 5.32 Å². The number of rotatable bonds is 4. The molecule has 6 nitrogen and oxygen atoms in total. The Morgan fingerprint density at radius 3 is 2.28 bits per heavy atom. The maximum Gasteiger partial charge on any atom is 0.271 e. The zero-order chi connectivity index (χ0) is 18.4. The Balaban J connectivity index is 1.82. The molecular formula is C16H12BrCl2N3O3. The number of amides is 3. The number of benzene rings is 2. The number of hydrazine groups is 1. The van der Waals surface area contributed by atoms with Gasteiger partial charge in [0.2, 0.25) is 0 Å². The van der Waals surface area contributed by atoms with Crippen LogP contribution in [0.2, 0.25) is 10.0 Å². The van der Waals surface area contributed by atoms with Crippen molar-refractivity contribution >= 4 is 56.9 Å². The van der Waals surface area contributed by atoms with Crippen LogP contribution in [-0.4, -0.2) is 24.3 Å². The van der Waals surface area contributed by atoms with Crippen LogP contribution in [0.25, 0.3) is 0 Å². The molecule has 0 saturated heterocycles. The molecule has 0 spiro atoms. The monoisotopic (exact) mass is 443 g/mol. The van der Waals surface area contributed by atoms with Gasteiger partial charge in [0.1, 0.15) is 0 Å². The van der Waals surface area contributed by atoms with Crippen molar-refractivity contribution in [1.29, 1.82) is 0 Å². The van der Waals surface area contributed by atoms with Crippen molar-refractivity contribution in [3.63, 3.8) is 0 Å². The van der Waals surface area contributed by atoms with Crippen molar-refractivity contribution in [2.24, 2.45) is 0 Å². The van der Waals surface area contributed by atoms with E-state index < -0.39 is 17.7 Å². The quantitative estimate of drug-likeness (QED) is 0.633. The highest BCUT2D eigenvalue weighted by Crippen LogP contribution is 2.20. The summed E-state index contributed by atoms with van der Waals surface area (Å²) in [6.45, 7) is -0.307. The summed E-state index contributed by atoms with van der Waals surface area (Å²) in [5, 5.41) is 2.97. The van der Waals surface area contributed by atoms with Gasteiger partial charge in [0.05, 0.1) is 17.1 Å². The maximum atomic E-state index is 12.0. The van der Waals surface area contributed by atoms with Gasteiger partial charge in [-0.2, -0.15) is 0 Å². The van der Waals surface area contributed by atoms with Crippen molar-refractivity contribution < 1.29 is 14.4 Å². The second kappa shape index (κ2) is 8.84. The van der Waals surface area contributed by atoms with Gasteiger partial charge in [-0.3, -0.25) is 25.2 Å². The molecular weight excluding hydrogens is 433 g/mol. The molecule has 25 heavy (non-hydrogen) atoms. The summed E-state index contributed by atoms with van der Waals surface area (Å²) in [6, 6.07) is 11.0. The summed E-state index contributed by atoms with van der Waals surface area (Å²) in [4.78, 5) is 35.5. The van der Waals surface area contributed by atoms with Crippen LogP contribution in [0.5, 0.6) is 0 Å². The van der Waals surface area contributed by atoms with E-state index in [0.717, 1.165) is 4.47 Å². The van der Waals surface area contributed by atoms with Gasteiger partial charge in [0.25, 0.3) is 17.7 Å². The number of nitrogens with one attached hydrogen (secondary N) is 3. The average Bonchev–Trinajstić information content (AvgIpc) is 2.60. The lowest BCUT2D eigenvalue weighted by molar-refractivity contribution is -0.120. The lowest BCUT2D eigenvalue weighted by Gasteiger charge is -2.09. The molecule has 0 unspecified atom stereocenters. The highest BCUT2D eigenvalue weighted by Gasteiger charge is 2.13. The van der Waals surface area contributed by atoms with Crippen molar-refractivity contribution in [2.45, 2.75) is 0 Å². The molecule has 2 rings (SSSR count). The van der Waals surface area contributed by atoms with E-state index in [1.54, 1.807) is 24.3 Å². The first-order chi connectivity index (χ1) is 11.9. The van der Waals surface area contributed by atoms with Gasteiger partial charge in [-0.15, -0.1) is 0 Å². The van der Waals surface area contributed by atoms with Crippen LogP contribution in [0.3, 0.4) is 0 Å². The van der Waals surface area contributed by atoms with Crippen LogP contribution in [0, 0.1) is 0 Å². The Morgan fingerprint density at radius 2 is 1.60 bits per heavy atom. The van der Waals surface area contributed by atoms with Crippen LogP contribution in [0.15, 0.2) is 46.9 Å². The fourth-order valence-corrected chi connectivity index (χ4v) is 2.41. The summed E-state index contributed by atoms with van der Waals surface area (Å²) >= 11 is 15.0. The van der Waals surface area contributed by atoms with Crippen molar-refractivity contribution in [2.75, 3.05) is 6.54 Å². The van der Waals surface area contributed by atoms with E-state index in [0.29, 0.717) is 10.6 Å². The minimum atomic E-state index is -0.625. The van der Waals surface area contributed by atoms with E-state index >= 15 is 0 Å². The topological polar surface area (TPSA) is 87.3 Å². The molecule has 0 radical (unpaired) electrons. The molecule has 2 aromatic carbocycles. The average molecular weight is 445 g/mol. The van der Waals surface area contributed by atoms with Crippen LogP contribution < -0.4 is 16.2 Å². The number of carbonyl (C=O) groups excluding carboxylic acids is 3. The molecule has 3 N–H and O–H groups in total. The smallest absolute Gasteiger partial charge is 0.271 e. The fraction of sp³-hybridized carbons (Fsp3) is 0.0625. The molecule has 0 aliphatic heterocycles. The zero-order valence-electron chi connectivity index (χ0n) is 12.6. The van der Waals surface area contributed by atoms with E-state index in [1.165, 1.54) is 18.2 Å². The lowest BCUT2D eigenvalue weighted by atomic mass is 10.2. The van der Waals surface area contributed by atoms with E-state index in [9.17, 15) is 14.4 Å². The van der Waals surface area contributed by atoms with Gasteiger partial charge >= 0.3 is 0 Å². The van der Waals surface area contributed by atoms with Gasteiger partial charge in [0.15, 0.2) is 0 Å². The predicted octanol–water partition coefficient (Wildman–Crippen LogP) is 2.95. The molecule has 130 valence electrons. The summed E-state index contributed by atoms with van der Waals surface area (Å²) < 4.78 is 0.837. The van der Waals surface area contributed by atoms with Crippen molar-refractivity contribution in [3.05, 3.63) is 68.1 Å². The molecule has 0 aliphatic carbocycles. The van der Waals surface area contributed by atoms with Gasteiger partial charge in [-0.05, 0) is 42.5 Å². The fourth-order valence-electron chi connectivity index (χ4n) is 1.77. The van der Waals surface area contributed by atoms with Crippen LogP contribution in [0.1, 0.15) is 20.7 Å². The number of hydrogen-bond acceptors (Lipinski definition) is 3. The summed E-state index contributed by atoms with van der Waals surface area (Å²) in [6.07, 6.45) is 0. The first-order valence-corrected chi connectivity index (χ1v) is 8.49. The molecule has 0 aliphatic rings. The number of carbonyl (C=O) groups is 3. The highest BCUT2D eigenvalue weighted by atomic mass is 79.9. The van der Waals surface area contributed by atoms with Crippen molar-refractivity contribution in [3.8, 4) is 0 Å². The van der Waals surface area contributed by atoms with Crippen molar-refractivity contribution in [1.82, 2.24) is 16.2 Å². The van der Waals surface area contributed by atoms with Crippen LogP contribution in [0.4, 0.5) is 0 Å². The molecule has 3 amide bonds. The zero-order valence-corrected chi connectivity index (χ0v) is 15.7. The van der Waals surface area contributed by atoms with Crippen LogP contribution in [-0.2, 0) is 4.79 Å². The standard InChI is InChI=1S/C16H12BrCl2N3O3/c17-10-3-1-9(2-4-10)15(24)20-8-14(23)21-22-16(25)12-7-11(18)5-6-13(12)19/h1-7H,8H2,(H,20,24)(H,21,23)(H,22,25). The Hall–Kier alpha value is -2.09. The molecule has 9 heteroatoms. The second-order valence-corrected chi connectivity index (χ2v) is 6.58. The summed E-state index contributed by atoms with van der Waals surface area (Å²) in [5.41, 5.74) is 4.91. The molecule has 0 aromatic heterocycles. The second-order valence-electron chi connectivity index (χ2n) is 4.82. The first-order valence-electron chi connectivity index (χ1n) is 6.95. The van der Waals surface area contributed by atoms with Gasteiger partial charge in [-0.25, -0.2) is 0 Å². The SMILES string of the molecule is O=C(CNC(=O)c1ccc(Br)cc1)NNC(=O)c1cc(Cl)ccc1Cl. The largest absolute Gasteiger partial charge is 0.343 e. The number of halogens is 3. The van der Waals surface area contributed by atoms with E-state index in [-0.39, 0.29) is 17.1 Å². The molecule has 0 fully saturated rings. The third-order valence-corrected chi connectivity index (χ3v) is 4.10. The molecule has 0 heterocycles. The molecule has 0 saturated carbocycles. The first kappa shape index (κ1) is 19.2. The normalized spacial score (nSPS) is 10.0. The van der Waals surface area contributed by atoms with E-state index in [4.69, 9.17) is 23.2 Å². The summed E-state index contributed by atoms with van der Waals surface area (Å²) in [7, 11) is 0. The van der Waals surface area contributed by atoms with Gasteiger partial charge in [0, 0.05) is 15.1 Å². The Morgan fingerprint density at radius 1 is 0.920 bits per heavy atom.